The van der Waals surface area contributed by atoms with E-state index in [2.05, 4.69) is 5.32 Å². The first-order valence-corrected chi connectivity index (χ1v) is 7.45. The Labute approximate surface area is 130 Å². The van der Waals surface area contributed by atoms with Crippen molar-refractivity contribution in [2.24, 2.45) is 11.7 Å². The Bertz CT molecular complexity index is 552. The Kier molecular flexibility index (Phi) is 5.38. The summed E-state index contributed by atoms with van der Waals surface area (Å²) in [5.41, 5.74) is 7.05. The molecule has 1 aliphatic rings. The molecule has 22 heavy (non-hydrogen) atoms. The minimum atomic E-state index is -0.242. The highest BCUT2D eigenvalue weighted by Crippen LogP contribution is 2.25. The number of primary amides is 1. The minimum Gasteiger partial charge on any atom is -0.495 e. The van der Waals surface area contributed by atoms with Crippen LogP contribution in [0.15, 0.2) is 18.2 Å². The van der Waals surface area contributed by atoms with Crippen molar-refractivity contribution in [2.45, 2.75) is 19.8 Å². The van der Waals surface area contributed by atoms with Crippen molar-refractivity contribution in [3.8, 4) is 5.75 Å². The fraction of sp³-hybridized carbons (Fsp3) is 0.500. The smallest absolute Gasteiger partial charge is 0.238 e. The fourth-order valence-corrected chi connectivity index (χ4v) is 2.69. The molecule has 1 heterocycles. The Morgan fingerprint density at radius 1 is 1.36 bits per heavy atom. The van der Waals surface area contributed by atoms with Gasteiger partial charge in [-0.05, 0) is 50.6 Å². The number of nitrogens with zero attached hydrogens (tertiary/aromatic N) is 1. The standard InChI is InChI=1S/C16H23N3O3/c1-11-3-4-14(22-2)13(9-11)18-15(20)10-19-7-5-12(6-8-19)16(17)21/h3-4,9,12H,5-8,10H2,1-2H3,(H2,17,21)(H,18,20). The van der Waals surface area contributed by atoms with Gasteiger partial charge in [-0.15, -0.1) is 0 Å². The van der Waals surface area contributed by atoms with Gasteiger partial charge in [-0.1, -0.05) is 6.07 Å². The molecule has 0 saturated carbocycles. The van der Waals surface area contributed by atoms with Crippen molar-refractivity contribution in [3.05, 3.63) is 23.8 Å². The fourth-order valence-electron chi connectivity index (χ4n) is 2.69. The van der Waals surface area contributed by atoms with Crippen molar-refractivity contribution in [1.29, 1.82) is 0 Å². The topological polar surface area (TPSA) is 84.7 Å². The van der Waals surface area contributed by atoms with E-state index in [1.54, 1.807) is 7.11 Å². The highest BCUT2D eigenvalue weighted by molar-refractivity contribution is 5.93. The van der Waals surface area contributed by atoms with Crippen LogP contribution >= 0.6 is 0 Å². The number of ether oxygens (including phenoxy) is 1. The molecule has 120 valence electrons. The first-order chi connectivity index (χ1) is 10.5. The summed E-state index contributed by atoms with van der Waals surface area (Å²) in [7, 11) is 1.58. The van der Waals surface area contributed by atoms with Crippen LogP contribution < -0.4 is 15.8 Å². The van der Waals surface area contributed by atoms with Gasteiger partial charge in [0.15, 0.2) is 0 Å². The van der Waals surface area contributed by atoms with Gasteiger partial charge in [0, 0.05) is 5.92 Å². The van der Waals surface area contributed by atoms with Crippen LogP contribution in [0.5, 0.6) is 5.75 Å². The van der Waals surface area contributed by atoms with Gasteiger partial charge in [-0.25, -0.2) is 0 Å². The lowest BCUT2D eigenvalue weighted by atomic mass is 9.96. The van der Waals surface area contributed by atoms with Gasteiger partial charge in [-0.3, -0.25) is 14.5 Å². The molecule has 2 amide bonds. The Morgan fingerprint density at radius 3 is 2.64 bits per heavy atom. The zero-order chi connectivity index (χ0) is 16.1. The molecule has 6 nitrogen and oxygen atoms in total. The number of carbonyl (C=O) groups excluding carboxylic acids is 2. The number of benzene rings is 1. The largest absolute Gasteiger partial charge is 0.495 e. The molecular formula is C16H23N3O3. The van der Waals surface area contributed by atoms with Crippen molar-refractivity contribution in [2.75, 3.05) is 32.1 Å². The third kappa shape index (κ3) is 4.21. The summed E-state index contributed by atoms with van der Waals surface area (Å²) >= 11 is 0. The molecule has 0 atom stereocenters. The van der Waals surface area contributed by atoms with E-state index >= 15 is 0 Å². The number of methoxy groups -OCH3 is 1. The van der Waals surface area contributed by atoms with E-state index in [-0.39, 0.29) is 17.7 Å². The number of rotatable bonds is 5. The van der Waals surface area contributed by atoms with Crippen molar-refractivity contribution < 1.29 is 14.3 Å². The summed E-state index contributed by atoms with van der Waals surface area (Å²) < 4.78 is 5.25. The predicted octanol–water partition coefficient (Wildman–Crippen LogP) is 1.14. The summed E-state index contributed by atoms with van der Waals surface area (Å²) in [6, 6.07) is 5.66. The van der Waals surface area contributed by atoms with Gasteiger partial charge >= 0.3 is 0 Å². The van der Waals surface area contributed by atoms with Crippen LogP contribution in [0, 0.1) is 12.8 Å². The average Bonchev–Trinajstić information content (AvgIpc) is 2.48. The normalized spacial score (nSPS) is 16.3. The lowest BCUT2D eigenvalue weighted by Crippen LogP contribution is -2.42. The molecule has 1 aromatic carbocycles. The molecule has 0 bridgehead atoms. The number of hydrogen-bond donors (Lipinski definition) is 2. The molecule has 0 radical (unpaired) electrons. The number of nitrogens with one attached hydrogen (secondary N) is 1. The van der Waals surface area contributed by atoms with Gasteiger partial charge in [0.25, 0.3) is 0 Å². The number of anilines is 1. The monoisotopic (exact) mass is 305 g/mol. The molecule has 2 rings (SSSR count). The summed E-state index contributed by atoms with van der Waals surface area (Å²) in [5.74, 6) is 0.262. The van der Waals surface area contributed by atoms with Crippen LogP contribution in [0.1, 0.15) is 18.4 Å². The first-order valence-electron chi connectivity index (χ1n) is 7.45. The van der Waals surface area contributed by atoms with Crippen LogP contribution in [0.2, 0.25) is 0 Å². The molecule has 1 aliphatic heterocycles. The molecule has 6 heteroatoms. The number of carbonyl (C=O) groups is 2. The zero-order valence-corrected chi connectivity index (χ0v) is 13.1. The van der Waals surface area contributed by atoms with Gasteiger partial charge in [-0.2, -0.15) is 0 Å². The van der Waals surface area contributed by atoms with Crippen LogP contribution in [0.4, 0.5) is 5.69 Å². The number of likely N-dealkylation sites (tertiary alicyclic amines) is 1. The van der Waals surface area contributed by atoms with Crippen LogP contribution in [-0.2, 0) is 9.59 Å². The summed E-state index contributed by atoms with van der Waals surface area (Å²) in [4.78, 5) is 25.4. The third-order valence-corrected chi connectivity index (χ3v) is 3.99. The van der Waals surface area contributed by atoms with E-state index in [0.717, 1.165) is 18.4 Å². The predicted molar refractivity (Wildman–Crippen MR) is 84.7 cm³/mol. The van der Waals surface area contributed by atoms with Crippen LogP contribution in [0.25, 0.3) is 0 Å². The summed E-state index contributed by atoms with van der Waals surface area (Å²) in [6.07, 6.45) is 1.44. The van der Waals surface area contributed by atoms with Gasteiger partial charge in [0.05, 0.1) is 19.3 Å². The molecule has 0 spiro atoms. The molecule has 0 unspecified atom stereocenters. The Balaban J connectivity index is 1.89. The van der Waals surface area contributed by atoms with Gasteiger partial charge in [0.2, 0.25) is 11.8 Å². The maximum Gasteiger partial charge on any atom is 0.238 e. The molecular weight excluding hydrogens is 282 g/mol. The average molecular weight is 305 g/mol. The molecule has 0 aliphatic carbocycles. The number of amides is 2. The van der Waals surface area contributed by atoms with E-state index in [4.69, 9.17) is 10.5 Å². The number of piperidine rings is 1. The van der Waals surface area contributed by atoms with Crippen LogP contribution in [0.3, 0.4) is 0 Å². The maximum atomic E-state index is 12.2. The van der Waals surface area contributed by atoms with E-state index in [1.165, 1.54) is 0 Å². The lowest BCUT2D eigenvalue weighted by molar-refractivity contribution is -0.123. The summed E-state index contributed by atoms with van der Waals surface area (Å²) in [6.45, 7) is 3.70. The molecule has 1 saturated heterocycles. The summed E-state index contributed by atoms with van der Waals surface area (Å²) in [5, 5.41) is 2.89. The second kappa shape index (κ2) is 7.26. The van der Waals surface area contributed by atoms with Crippen molar-refractivity contribution in [3.63, 3.8) is 0 Å². The molecule has 1 fully saturated rings. The van der Waals surface area contributed by atoms with Gasteiger partial charge < -0.3 is 15.8 Å². The Hall–Kier alpha value is -2.08. The van der Waals surface area contributed by atoms with Crippen molar-refractivity contribution >= 4 is 17.5 Å². The first kappa shape index (κ1) is 16.3. The lowest BCUT2D eigenvalue weighted by Gasteiger charge is -2.29. The zero-order valence-electron chi connectivity index (χ0n) is 13.1. The second-order valence-corrected chi connectivity index (χ2v) is 5.70. The SMILES string of the molecule is COc1ccc(C)cc1NC(=O)CN1CCC(C(N)=O)CC1. The Morgan fingerprint density at radius 2 is 2.05 bits per heavy atom. The van der Waals surface area contributed by atoms with E-state index in [1.807, 2.05) is 30.0 Å². The molecule has 1 aromatic rings. The highest BCUT2D eigenvalue weighted by Gasteiger charge is 2.24. The maximum absolute atomic E-state index is 12.2. The van der Waals surface area contributed by atoms with Gasteiger partial charge in [0.1, 0.15) is 5.75 Å². The van der Waals surface area contributed by atoms with E-state index in [0.29, 0.717) is 31.1 Å². The quantitative estimate of drug-likeness (QED) is 0.854. The molecule has 3 N–H and O–H groups in total. The highest BCUT2D eigenvalue weighted by atomic mass is 16.5. The number of nitrogens with two attached hydrogens (primary N) is 1. The van der Waals surface area contributed by atoms with E-state index < -0.39 is 0 Å². The minimum absolute atomic E-state index is 0.0591. The number of aryl methyl sites for hydroxylation is 1. The van der Waals surface area contributed by atoms with Crippen LogP contribution in [-0.4, -0.2) is 43.5 Å². The second-order valence-electron chi connectivity index (χ2n) is 5.70. The van der Waals surface area contributed by atoms with Crippen molar-refractivity contribution in [1.82, 2.24) is 4.90 Å². The third-order valence-electron chi connectivity index (χ3n) is 3.99. The number of hydrogen-bond acceptors (Lipinski definition) is 4. The van der Waals surface area contributed by atoms with E-state index in [9.17, 15) is 9.59 Å². The molecule has 0 aromatic heterocycles.